The van der Waals surface area contributed by atoms with E-state index in [0.717, 1.165) is 10.9 Å². The van der Waals surface area contributed by atoms with Crippen molar-refractivity contribution in [3.05, 3.63) is 42.6 Å². The van der Waals surface area contributed by atoms with E-state index in [1.165, 1.54) is 6.20 Å². The highest BCUT2D eigenvalue weighted by molar-refractivity contribution is 5.90. The maximum Gasteiger partial charge on any atom is 0.321 e. The number of aromatic nitrogens is 4. The monoisotopic (exact) mass is 376 g/mol. The molecule has 1 atom stereocenters. The fourth-order valence-electron chi connectivity index (χ4n) is 2.72. The minimum atomic E-state index is -3.43. The quantitative estimate of drug-likeness (QED) is 0.679. The van der Waals surface area contributed by atoms with E-state index in [1.807, 2.05) is 0 Å². The summed E-state index contributed by atoms with van der Waals surface area (Å²) in [6, 6.07) is 4.81. The number of nitrogens with zero attached hydrogens (tertiary/aromatic N) is 4. The molecule has 0 aliphatic heterocycles. The summed E-state index contributed by atoms with van der Waals surface area (Å²) in [6.45, 7) is 2.40. The van der Waals surface area contributed by atoms with Crippen LogP contribution in [0.25, 0.3) is 16.6 Å². The number of benzene rings is 1. The third kappa shape index (κ3) is 3.78. The number of halogens is 2. The fraction of sp³-hybridized carbons (Fsp3) is 0.294. The van der Waals surface area contributed by atoms with Gasteiger partial charge >= 0.3 is 5.92 Å². The van der Waals surface area contributed by atoms with Gasteiger partial charge in [0, 0.05) is 36.4 Å². The van der Waals surface area contributed by atoms with E-state index in [4.69, 9.17) is 5.73 Å². The second-order valence-corrected chi connectivity index (χ2v) is 6.32. The molecule has 142 valence electrons. The van der Waals surface area contributed by atoms with Crippen molar-refractivity contribution in [1.82, 2.24) is 24.6 Å². The van der Waals surface area contributed by atoms with Gasteiger partial charge in [0.1, 0.15) is 0 Å². The van der Waals surface area contributed by atoms with Crippen LogP contribution in [0.15, 0.2) is 36.8 Å². The molecule has 2 heterocycles. The van der Waals surface area contributed by atoms with Gasteiger partial charge in [-0.15, -0.1) is 0 Å². The lowest BCUT2D eigenvalue weighted by Crippen LogP contribution is -2.44. The van der Waals surface area contributed by atoms with Gasteiger partial charge in [0.15, 0.2) is 0 Å². The Morgan fingerprint density at radius 2 is 2.11 bits per heavy atom. The topological polar surface area (TPSA) is 108 Å². The first-order valence-corrected chi connectivity index (χ1v) is 8.14. The van der Waals surface area contributed by atoms with Crippen LogP contribution in [0.1, 0.15) is 24.5 Å². The van der Waals surface area contributed by atoms with Crippen LogP contribution in [-0.4, -0.2) is 43.1 Å². The highest BCUT2D eigenvalue weighted by Gasteiger charge is 2.32. The number of carbonyl (C=O) groups is 2. The SMILES string of the molecule is CC(Cn1ncc2cc(-n3ccnc3C(N)=O)ccc21)NC(=O)C(C)(F)F. The lowest BCUT2D eigenvalue weighted by atomic mass is 10.2. The molecule has 1 aromatic carbocycles. The van der Waals surface area contributed by atoms with Crippen molar-refractivity contribution in [1.29, 1.82) is 0 Å². The molecule has 2 amide bonds. The minimum absolute atomic E-state index is 0.110. The number of nitrogens with one attached hydrogen (secondary N) is 1. The summed E-state index contributed by atoms with van der Waals surface area (Å²) in [4.78, 5) is 26.8. The Labute approximate surface area is 153 Å². The molecule has 0 saturated heterocycles. The first-order valence-electron chi connectivity index (χ1n) is 8.14. The number of fused-ring (bicyclic) bond motifs is 1. The normalized spacial score (nSPS) is 12.9. The molecule has 0 aliphatic carbocycles. The Bertz CT molecular complexity index is 1000. The molecule has 0 aliphatic rings. The number of carbonyl (C=O) groups excluding carboxylic acids is 2. The fourth-order valence-corrected chi connectivity index (χ4v) is 2.72. The zero-order valence-corrected chi connectivity index (χ0v) is 14.7. The summed E-state index contributed by atoms with van der Waals surface area (Å²) in [6.07, 6.45) is 4.71. The zero-order valence-electron chi connectivity index (χ0n) is 14.7. The minimum Gasteiger partial charge on any atom is -0.363 e. The van der Waals surface area contributed by atoms with Gasteiger partial charge in [-0.1, -0.05) is 0 Å². The summed E-state index contributed by atoms with van der Waals surface area (Å²) < 4.78 is 29.2. The average molecular weight is 376 g/mol. The van der Waals surface area contributed by atoms with Gasteiger partial charge in [-0.3, -0.25) is 18.8 Å². The number of alkyl halides is 2. The van der Waals surface area contributed by atoms with Gasteiger partial charge in [0.25, 0.3) is 11.8 Å². The molecule has 8 nitrogen and oxygen atoms in total. The molecule has 3 N–H and O–H groups in total. The third-order valence-electron chi connectivity index (χ3n) is 3.99. The molecule has 1 unspecified atom stereocenters. The van der Waals surface area contributed by atoms with Crippen molar-refractivity contribution < 1.29 is 18.4 Å². The van der Waals surface area contributed by atoms with Crippen molar-refractivity contribution in [3.8, 4) is 5.69 Å². The number of rotatable bonds is 6. The Morgan fingerprint density at radius 1 is 1.37 bits per heavy atom. The highest BCUT2D eigenvalue weighted by atomic mass is 19.3. The molecule has 3 aromatic rings. The molecule has 0 radical (unpaired) electrons. The molecule has 0 saturated carbocycles. The van der Waals surface area contributed by atoms with E-state index in [-0.39, 0.29) is 12.4 Å². The Hall–Kier alpha value is -3.30. The number of nitrogens with two attached hydrogens (primary N) is 1. The van der Waals surface area contributed by atoms with Crippen molar-refractivity contribution in [2.24, 2.45) is 5.73 Å². The molecule has 3 rings (SSSR count). The van der Waals surface area contributed by atoms with Gasteiger partial charge in [0.2, 0.25) is 5.82 Å². The summed E-state index contributed by atoms with van der Waals surface area (Å²) >= 11 is 0. The van der Waals surface area contributed by atoms with Gasteiger partial charge in [0.05, 0.1) is 18.3 Å². The number of imidazole rings is 1. The Morgan fingerprint density at radius 3 is 2.78 bits per heavy atom. The van der Waals surface area contributed by atoms with E-state index in [0.29, 0.717) is 12.6 Å². The van der Waals surface area contributed by atoms with Gasteiger partial charge in [-0.25, -0.2) is 4.98 Å². The number of primary amides is 1. The lowest BCUT2D eigenvalue weighted by molar-refractivity contribution is -0.143. The zero-order chi connectivity index (χ0) is 19.8. The van der Waals surface area contributed by atoms with Gasteiger partial charge in [-0.05, 0) is 25.1 Å². The number of amides is 2. The average Bonchev–Trinajstić information content (AvgIpc) is 3.20. The molecular weight excluding hydrogens is 358 g/mol. The van der Waals surface area contributed by atoms with Crippen LogP contribution in [0.3, 0.4) is 0 Å². The summed E-state index contributed by atoms with van der Waals surface area (Å²) in [5.41, 5.74) is 6.75. The smallest absolute Gasteiger partial charge is 0.321 e. The third-order valence-corrected chi connectivity index (χ3v) is 3.99. The standard InChI is InChI=1S/C17H18F2N6O2/c1-10(23-16(27)17(2,18)19)9-25-13-4-3-12(7-11(13)8-22-25)24-6-5-21-15(24)14(20)26/h3-8,10H,9H2,1-2H3,(H2,20,26)(H,23,27). The summed E-state index contributed by atoms with van der Waals surface area (Å²) in [5.74, 6) is -5.29. The van der Waals surface area contributed by atoms with Crippen LogP contribution in [0.4, 0.5) is 8.78 Å². The molecule has 0 bridgehead atoms. The molecule has 10 heteroatoms. The van der Waals surface area contributed by atoms with Crippen LogP contribution in [0, 0.1) is 0 Å². The molecule has 0 spiro atoms. The molecule has 2 aromatic heterocycles. The van der Waals surface area contributed by atoms with Crippen molar-refractivity contribution >= 4 is 22.7 Å². The van der Waals surface area contributed by atoms with Crippen molar-refractivity contribution in [2.75, 3.05) is 0 Å². The van der Waals surface area contributed by atoms with E-state index in [9.17, 15) is 18.4 Å². The van der Waals surface area contributed by atoms with Crippen molar-refractivity contribution in [3.63, 3.8) is 0 Å². The van der Waals surface area contributed by atoms with Crippen LogP contribution in [0.2, 0.25) is 0 Å². The van der Waals surface area contributed by atoms with E-state index >= 15 is 0 Å². The second kappa shape index (κ2) is 6.78. The van der Waals surface area contributed by atoms with E-state index in [2.05, 4.69) is 15.4 Å². The summed E-state index contributed by atoms with van der Waals surface area (Å²) in [7, 11) is 0. The molecule has 27 heavy (non-hydrogen) atoms. The summed E-state index contributed by atoms with van der Waals surface area (Å²) in [5, 5.41) is 7.28. The largest absolute Gasteiger partial charge is 0.363 e. The second-order valence-electron chi connectivity index (χ2n) is 6.32. The maximum absolute atomic E-state index is 13.0. The van der Waals surface area contributed by atoms with Crippen LogP contribution >= 0.6 is 0 Å². The Kier molecular flexibility index (Phi) is 4.64. The van der Waals surface area contributed by atoms with Gasteiger partial charge < -0.3 is 11.1 Å². The van der Waals surface area contributed by atoms with Crippen LogP contribution in [-0.2, 0) is 11.3 Å². The lowest BCUT2D eigenvalue weighted by Gasteiger charge is -2.17. The molecule has 0 fully saturated rings. The van der Waals surface area contributed by atoms with Gasteiger partial charge in [-0.2, -0.15) is 13.9 Å². The van der Waals surface area contributed by atoms with Crippen LogP contribution < -0.4 is 11.1 Å². The molecular formula is C17H18F2N6O2. The number of hydrogen-bond acceptors (Lipinski definition) is 4. The van der Waals surface area contributed by atoms with Crippen molar-refractivity contribution in [2.45, 2.75) is 32.4 Å². The first kappa shape index (κ1) is 18.5. The maximum atomic E-state index is 13.0. The number of hydrogen-bond donors (Lipinski definition) is 2. The predicted molar refractivity (Wildman–Crippen MR) is 93.6 cm³/mol. The Balaban J connectivity index is 1.83. The highest BCUT2D eigenvalue weighted by Crippen LogP contribution is 2.20. The van der Waals surface area contributed by atoms with Crippen LogP contribution in [0.5, 0.6) is 0 Å². The van der Waals surface area contributed by atoms with E-state index < -0.39 is 23.8 Å². The van der Waals surface area contributed by atoms with E-state index in [1.54, 1.807) is 46.8 Å². The predicted octanol–water partition coefficient (Wildman–Crippen LogP) is 1.48. The first-order chi connectivity index (χ1) is 12.7.